The number of halogens is 1. The zero-order valence-corrected chi connectivity index (χ0v) is 19.1. The van der Waals surface area contributed by atoms with E-state index in [4.69, 9.17) is 10.7 Å². The molecule has 1 aliphatic rings. The third-order valence-corrected chi connectivity index (χ3v) is 5.79. The van der Waals surface area contributed by atoms with Crippen LogP contribution in [0.4, 0.5) is 10.2 Å². The van der Waals surface area contributed by atoms with Crippen molar-refractivity contribution in [3.63, 3.8) is 0 Å². The van der Waals surface area contributed by atoms with Crippen LogP contribution in [0.3, 0.4) is 0 Å². The molecule has 4 N–H and O–H groups in total. The minimum Gasteiger partial charge on any atom is -0.369 e. The third kappa shape index (κ3) is 5.96. The molecule has 3 rings (SSSR count). The SMILES string of the molecule is CCNC(=NCc1cccnc1N1CCCC(C(N)=O)C1)NC(C)c1ccc(C)c(F)c1. The molecule has 1 saturated heterocycles. The van der Waals surface area contributed by atoms with E-state index in [2.05, 4.69) is 20.5 Å². The third-order valence-electron chi connectivity index (χ3n) is 5.79. The van der Waals surface area contributed by atoms with Crippen LogP contribution in [0.25, 0.3) is 0 Å². The van der Waals surface area contributed by atoms with Crippen molar-refractivity contribution in [3.8, 4) is 0 Å². The van der Waals surface area contributed by atoms with Gasteiger partial charge in [-0.3, -0.25) is 4.79 Å². The zero-order chi connectivity index (χ0) is 23.1. The molecule has 1 fully saturated rings. The maximum absolute atomic E-state index is 14.0. The highest BCUT2D eigenvalue weighted by atomic mass is 19.1. The van der Waals surface area contributed by atoms with Crippen LogP contribution in [-0.2, 0) is 11.3 Å². The van der Waals surface area contributed by atoms with E-state index in [0.717, 1.165) is 36.3 Å². The van der Waals surface area contributed by atoms with Crippen molar-refractivity contribution in [3.05, 3.63) is 59.0 Å². The van der Waals surface area contributed by atoms with Gasteiger partial charge in [-0.15, -0.1) is 0 Å². The molecule has 1 amide bonds. The highest BCUT2D eigenvalue weighted by molar-refractivity contribution is 5.80. The normalized spacial score (nSPS) is 17.7. The lowest BCUT2D eigenvalue weighted by atomic mass is 9.97. The molecule has 0 saturated carbocycles. The van der Waals surface area contributed by atoms with E-state index in [9.17, 15) is 9.18 Å². The van der Waals surface area contributed by atoms with Gasteiger partial charge in [-0.05, 0) is 56.9 Å². The van der Waals surface area contributed by atoms with Crippen molar-refractivity contribution in [2.45, 2.75) is 46.2 Å². The molecule has 172 valence electrons. The average molecular weight is 441 g/mol. The summed E-state index contributed by atoms with van der Waals surface area (Å²) in [6, 6.07) is 9.04. The number of benzene rings is 1. The number of amides is 1. The standard InChI is InChI=1S/C24H33FN6O/c1-4-27-24(30-17(3)18-10-9-16(2)21(25)13-18)29-14-19-7-5-11-28-23(19)31-12-6-8-20(15-31)22(26)32/h5,7,9-11,13,17,20H,4,6,8,12,14-15H2,1-3H3,(H2,26,32)(H2,27,29,30). The number of nitrogens with zero attached hydrogens (tertiary/aromatic N) is 3. The van der Waals surface area contributed by atoms with Gasteiger partial charge in [-0.2, -0.15) is 0 Å². The van der Waals surface area contributed by atoms with Gasteiger partial charge in [0.1, 0.15) is 11.6 Å². The van der Waals surface area contributed by atoms with Crippen LogP contribution < -0.4 is 21.3 Å². The molecule has 0 bridgehead atoms. The van der Waals surface area contributed by atoms with E-state index < -0.39 is 0 Å². The summed E-state index contributed by atoms with van der Waals surface area (Å²) in [7, 11) is 0. The van der Waals surface area contributed by atoms with E-state index in [0.29, 0.717) is 31.2 Å². The predicted octanol–water partition coefficient (Wildman–Crippen LogP) is 3.05. The minimum atomic E-state index is -0.259. The van der Waals surface area contributed by atoms with E-state index in [1.807, 2.05) is 32.0 Å². The predicted molar refractivity (Wildman–Crippen MR) is 126 cm³/mol. The van der Waals surface area contributed by atoms with Crippen molar-refractivity contribution < 1.29 is 9.18 Å². The van der Waals surface area contributed by atoms with Crippen LogP contribution in [-0.4, -0.2) is 36.5 Å². The summed E-state index contributed by atoms with van der Waals surface area (Å²) in [6.07, 6.45) is 3.48. The first-order chi connectivity index (χ1) is 15.4. The first-order valence-corrected chi connectivity index (χ1v) is 11.2. The smallest absolute Gasteiger partial charge is 0.222 e. The van der Waals surface area contributed by atoms with E-state index in [1.54, 1.807) is 25.3 Å². The van der Waals surface area contributed by atoms with Crippen LogP contribution in [0.1, 0.15) is 49.4 Å². The van der Waals surface area contributed by atoms with Crippen LogP contribution in [0.2, 0.25) is 0 Å². The van der Waals surface area contributed by atoms with Gasteiger partial charge in [0, 0.05) is 31.4 Å². The number of pyridine rings is 1. The number of primary amides is 1. The number of hydrogen-bond acceptors (Lipinski definition) is 4. The number of nitrogens with one attached hydrogen (secondary N) is 2. The lowest BCUT2D eigenvalue weighted by Gasteiger charge is -2.33. The number of anilines is 1. The van der Waals surface area contributed by atoms with Crippen molar-refractivity contribution in [2.75, 3.05) is 24.5 Å². The molecule has 1 aliphatic heterocycles. The molecule has 0 spiro atoms. The second-order valence-electron chi connectivity index (χ2n) is 8.24. The lowest BCUT2D eigenvalue weighted by molar-refractivity contribution is -0.122. The molecular formula is C24H33FN6O. The number of rotatable bonds is 7. The highest BCUT2D eigenvalue weighted by Crippen LogP contribution is 2.25. The molecule has 2 heterocycles. The quantitative estimate of drug-likeness (QED) is 0.454. The average Bonchev–Trinajstić information content (AvgIpc) is 2.79. The largest absolute Gasteiger partial charge is 0.369 e. The number of aryl methyl sites for hydroxylation is 1. The number of guanidine groups is 1. The zero-order valence-electron chi connectivity index (χ0n) is 19.1. The summed E-state index contributed by atoms with van der Waals surface area (Å²) >= 11 is 0. The van der Waals surface area contributed by atoms with Crippen molar-refractivity contribution in [1.82, 2.24) is 15.6 Å². The Hall–Kier alpha value is -3.16. The number of hydrogen-bond donors (Lipinski definition) is 3. The Morgan fingerprint density at radius 3 is 2.94 bits per heavy atom. The first-order valence-electron chi connectivity index (χ1n) is 11.2. The van der Waals surface area contributed by atoms with Crippen molar-refractivity contribution in [1.29, 1.82) is 0 Å². The van der Waals surface area contributed by atoms with E-state index in [1.165, 1.54) is 0 Å². The Labute approximate surface area is 189 Å². The molecule has 2 aromatic rings. The number of nitrogens with two attached hydrogens (primary N) is 1. The fourth-order valence-electron chi connectivity index (χ4n) is 3.89. The van der Waals surface area contributed by atoms with Crippen LogP contribution >= 0.6 is 0 Å². The Morgan fingerprint density at radius 1 is 1.41 bits per heavy atom. The Balaban J connectivity index is 1.75. The number of carbonyl (C=O) groups excluding carboxylic acids is 1. The topological polar surface area (TPSA) is 95.6 Å². The molecule has 1 aromatic heterocycles. The summed E-state index contributed by atoms with van der Waals surface area (Å²) in [5.41, 5.74) is 8.00. The van der Waals surface area contributed by atoms with Crippen LogP contribution in [0.5, 0.6) is 0 Å². The molecule has 32 heavy (non-hydrogen) atoms. The number of aliphatic imine (C=N–C) groups is 1. The molecule has 8 heteroatoms. The Morgan fingerprint density at radius 2 is 2.22 bits per heavy atom. The molecular weight excluding hydrogens is 407 g/mol. The summed E-state index contributed by atoms with van der Waals surface area (Å²) < 4.78 is 14.0. The van der Waals surface area contributed by atoms with Gasteiger partial charge in [-0.25, -0.2) is 14.4 Å². The second-order valence-corrected chi connectivity index (χ2v) is 8.24. The van der Waals surface area contributed by atoms with Crippen LogP contribution in [0, 0.1) is 18.7 Å². The maximum Gasteiger partial charge on any atom is 0.222 e. The molecule has 2 atom stereocenters. The Bertz CT molecular complexity index is 963. The van der Waals surface area contributed by atoms with Gasteiger partial charge in [0.05, 0.1) is 18.5 Å². The molecule has 0 aliphatic carbocycles. The monoisotopic (exact) mass is 440 g/mol. The molecule has 0 radical (unpaired) electrons. The summed E-state index contributed by atoms with van der Waals surface area (Å²) in [4.78, 5) is 23.1. The van der Waals surface area contributed by atoms with E-state index >= 15 is 0 Å². The van der Waals surface area contributed by atoms with Crippen LogP contribution in [0.15, 0.2) is 41.5 Å². The van der Waals surface area contributed by atoms with E-state index in [-0.39, 0.29) is 23.7 Å². The summed E-state index contributed by atoms with van der Waals surface area (Å²) in [5.74, 6) is 0.854. The minimum absolute atomic E-state index is 0.116. The fraction of sp³-hybridized carbons (Fsp3) is 0.458. The highest BCUT2D eigenvalue weighted by Gasteiger charge is 2.26. The van der Waals surface area contributed by atoms with Crippen molar-refractivity contribution in [2.24, 2.45) is 16.6 Å². The van der Waals surface area contributed by atoms with Gasteiger partial charge >= 0.3 is 0 Å². The van der Waals surface area contributed by atoms with Gasteiger partial charge in [-0.1, -0.05) is 18.2 Å². The lowest BCUT2D eigenvalue weighted by Crippen LogP contribution is -2.42. The molecule has 2 unspecified atom stereocenters. The number of piperidine rings is 1. The first kappa shape index (κ1) is 23.5. The van der Waals surface area contributed by atoms with Gasteiger partial charge < -0.3 is 21.3 Å². The Kier molecular flexibility index (Phi) is 8.03. The molecule has 7 nitrogen and oxygen atoms in total. The number of aromatic nitrogens is 1. The fourth-order valence-corrected chi connectivity index (χ4v) is 3.89. The van der Waals surface area contributed by atoms with Gasteiger partial charge in [0.25, 0.3) is 0 Å². The summed E-state index contributed by atoms with van der Waals surface area (Å²) in [6.45, 7) is 8.27. The molecule has 1 aromatic carbocycles. The van der Waals surface area contributed by atoms with Crippen molar-refractivity contribution >= 4 is 17.7 Å². The maximum atomic E-state index is 14.0. The summed E-state index contributed by atoms with van der Waals surface area (Å²) in [5, 5.41) is 6.60. The second kappa shape index (κ2) is 10.9. The van der Waals surface area contributed by atoms with Gasteiger partial charge in [0.2, 0.25) is 5.91 Å². The van der Waals surface area contributed by atoms with Gasteiger partial charge in [0.15, 0.2) is 5.96 Å². The number of carbonyl (C=O) groups is 1.